The predicted octanol–water partition coefficient (Wildman–Crippen LogP) is 2.14. The summed E-state index contributed by atoms with van der Waals surface area (Å²) in [6.07, 6.45) is 7.17. The average molecular weight is 374 g/mol. The molecular formula is C14H20BrN3O2S. The lowest BCUT2D eigenvalue weighted by atomic mass is 10.00. The van der Waals surface area contributed by atoms with E-state index < -0.39 is 10.0 Å². The summed E-state index contributed by atoms with van der Waals surface area (Å²) < 4.78 is 28.1. The van der Waals surface area contributed by atoms with Crippen LogP contribution in [0.3, 0.4) is 0 Å². The fourth-order valence-electron chi connectivity index (χ4n) is 3.56. The Balaban J connectivity index is 1.88. The molecule has 5 nitrogen and oxygen atoms in total. The molecule has 2 bridgehead atoms. The van der Waals surface area contributed by atoms with Crippen molar-refractivity contribution in [2.45, 2.75) is 55.6 Å². The molecule has 1 aromatic heterocycles. The molecule has 2 aliphatic heterocycles. The van der Waals surface area contributed by atoms with Crippen LogP contribution in [-0.2, 0) is 10.0 Å². The van der Waals surface area contributed by atoms with Gasteiger partial charge in [-0.05, 0) is 47.7 Å². The van der Waals surface area contributed by atoms with Crippen molar-refractivity contribution in [1.29, 1.82) is 0 Å². The highest BCUT2D eigenvalue weighted by atomic mass is 79.9. The smallest absolute Gasteiger partial charge is 0.244 e. The summed E-state index contributed by atoms with van der Waals surface area (Å²) >= 11 is 3.30. The van der Waals surface area contributed by atoms with E-state index in [0.29, 0.717) is 23.1 Å². The van der Waals surface area contributed by atoms with Crippen molar-refractivity contribution in [1.82, 2.24) is 14.6 Å². The Bertz CT molecular complexity index is 610. The molecule has 2 aliphatic rings. The number of halogens is 1. The zero-order chi connectivity index (χ0) is 15.0. The first-order valence-electron chi connectivity index (χ1n) is 7.39. The molecular weight excluding hydrogens is 354 g/mol. The predicted molar refractivity (Wildman–Crippen MR) is 84.5 cm³/mol. The van der Waals surface area contributed by atoms with Gasteiger partial charge in [-0.25, -0.2) is 8.42 Å². The lowest BCUT2D eigenvalue weighted by Gasteiger charge is -2.36. The molecule has 0 amide bonds. The maximum atomic E-state index is 12.9. The fraction of sp³-hybridized carbons (Fsp3) is 0.643. The van der Waals surface area contributed by atoms with E-state index in [9.17, 15) is 8.42 Å². The molecule has 2 unspecified atom stereocenters. The van der Waals surface area contributed by atoms with E-state index in [1.165, 1.54) is 6.20 Å². The van der Waals surface area contributed by atoms with Gasteiger partial charge in [-0.2, -0.15) is 4.31 Å². The molecule has 0 spiro atoms. The standard InChI is InChI=1S/C14H20BrN3O2S/c1-2-18(13-6-11-3-4-12(7-13)17-11)21(19,20)14-5-10(15)8-16-9-14/h5,8-9,11-13,17H,2-4,6-7H2,1H3. The van der Waals surface area contributed by atoms with E-state index in [-0.39, 0.29) is 10.9 Å². The van der Waals surface area contributed by atoms with Crippen LogP contribution in [0, 0.1) is 0 Å². The summed E-state index contributed by atoms with van der Waals surface area (Å²) in [6.45, 7) is 2.41. The zero-order valence-corrected chi connectivity index (χ0v) is 14.4. The highest BCUT2D eigenvalue weighted by Crippen LogP contribution is 2.32. The first-order valence-corrected chi connectivity index (χ1v) is 9.62. The number of piperidine rings is 1. The van der Waals surface area contributed by atoms with E-state index >= 15 is 0 Å². The van der Waals surface area contributed by atoms with Crippen LogP contribution in [-0.4, -0.2) is 42.4 Å². The van der Waals surface area contributed by atoms with Crippen molar-refractivity contribution in [2.24, 2.45) is 0 Å². The maximum absolute atomic E-state index is 12.9. The minimum atomic E-state index is -3.48. The molecule has 1 N–H and O–H groups in total. The van der Waals surface area contributed by atoms with Crippen LogP contribution >= 0.6 is 15.9 Å². The zero-order valence-electron chi connectivity index (χ0n) is 12.0. The third-order valence-corrected chi connectivity index (χ3v) is 6.88. The number of sulfonamides is 1. The fourth-order valence-corrected chi connectivity index (χ4v) is 5.72. The highest BCUT2D eigenvalue weighted by Gasteiger charge is 2.39. The van der Waals surface area contributed by atoms with Gasteiger partial charge in [0.15, 0.2) is 0 Å². The summed E-state index contributed by atoms with van der Waals surface area (Å²) in [4.78, 5) is 4.26. The normalized spacial score (nSPS) is 29.0. The van der Waals surface area contributed by atoms with Crippen molar-refractivity contribution in [3.8, 4) is 0 Å². The van der Waals surface area contributed by atoms with Gasteiger partial charge in [-0.1, -0.05) is 6.92 Å². The number of pyridine rings is 1. The first-order chi connectivity index (χ1) is 10.0. The lowest BCUT2D eigenvalue weighted by molar-refractivity contribution is 0.232. The van der Waals surface area contributed by atoms with Crippen LogP contribution < -0.4 is 5.32 Å². The second-order valence-electron chi connectivity index (χ2n) is 5.81. The number of nitrogens with one attached hydrogen (secondary N) is 1. The van der Waals surface area contributed by atoms with Crippen LogP contribution in [0.25, 0.3) is 0 Å². The van der Waals surface area contributed by atoms with Crippen molar-refractivity contribution in [3.05, 3.63) is 22.9 Å². The lowest BCUT2D eigenvalue weighted by Crippen LogP contribution is -2.50. The molecule has 2 saturated heterocycles. The summed E-state index contributed by atoms with van der Waals surface area (Å²) in [5.41, 5.74) is 0. The minimum absolute atomic E-state index is 0.0951. The largest absolute Gasteiger partial charge is 0.311 e. The van der Waals surface area contributed by atoms with Gasteiger partial charge < -0.3 is 5.32 Å². The highest BCUT2D eigenvalue weighted by molar-refractivity contribution is 9.10. The number of hydrogen-bond donors (Lipinski definition) is 1. The van der Waals surface area contributed by atoms with Crippen LogP contribution in [0.15, 0.2) is 27.8 Å². The molecule has 0 aliphatic carbocycles. The summed E-state index contributed by atoms with van der Waals surface area (Å²) in [7, 11) is -3.48. The van der Waals surface area contributed by atoms with E-state index in [0.717, 1.165) is 25.7 Å². The summed E-state index contributed by atoms with van der Waals surface area (Å²) in [5.74, 6) is 0. The topological polar surface area (TPSA) is 62.3 Å². The third-order valence-electron chi connectivity index (χ3n) is 4.45. The summed E-state index contributed by atoms with van der Waals surface area (Å²) in [5, 5.41) is 3.56. The molecule has 3 rings (SSSR count). The maximum Gasteiger partial charge on any atom is 0.244 e. The number of hydrogen-bond acceptors (Lipinski definition) is 4. The van der Waals surface area contributed by atoms with Crippen LogP contribution in [0.2, 0.25) is 0 Å². The quantitative estimate of drug-likeness (QED) is 0.877. The van der Waals surface area contributed by atoms with Crippen LogP contribution in [0.5, 0.6) is 0 Å². The van der Waals surface area contributed by atoms with Gasteiger partial charge in [0.05, 0.1) is 0 Å². The van der Waals surface area contributed by atoms with E-state index in [1.54, 1.807) is 16.6 Å². The third kappa shape index (κ3) is 3.02. The molecule has 0 saturated carbocycles. The van der Waals surface area contributed by atoms with Gasteiger partial charge in [0, 0.05) is 41.5 Å². The van der Waals surface area contributed by atoms with Crippen LogP contribution in [0.1, 0.15) is 32.6 Å². The Morgan fingerprint density at radius 1 is 1.33 bits per heavy atom. The number of rotatable bonds is 4. The molecule has 1 aromatic rings. The molecule has 21 heavy (non-hydrogen) atoms. The Morgan fingerprint density at radius 3 is 2.57 bits per heavy atom. The number of fused-ring (bicyclic) bond motifs is 2. The second-order valence-corrected chi connectivity index (χ2v) is 8.62. The van der Waals surface area contributed by atoms with Gasteiger partial charge in [0.25, 0.3) is 0 Å². The monoisotopic (exact) mass is 373 g/mol. The molecule has 2 fully saturated rings. The SMILES string of the molecule is CCN(C1CC2CCC(C1)N2)S(=O)(=O)c1cncc(Br)c1. The molecule has 0 aromatic carbocycles. The van der Waals surface area contributed by atoms with Crippen molar-refractivity contribution < 1.29 is 8.42 Å². The average Bonchev–Trinajstić information content (AvgIpc) is 2.78. The van der Waals surface area contributed by atoms with Gasteiger partial charge in [0.1, 0.15) is 4.90 Å². The second kappa shape index (κ2) is 5.95. The Hall–Kier alpha value is -0.500. The van der Waals surface area contributed by atoms with Gasteiger partial charge >= 0.3 is 0 Å². The van der Waals surface area contributed by atoms with Gasteiger partial charge in [-0.3, -0.25) is 4.98 Å². The van der Waals surface area contributed by atoms with Crippen molar-refractivity contribution in [3.63, 3.8) is 0 Å². The van der Waals surface area contributed by atoms with Gasteiger partial charge in [0.2, 0.25) is 10.0 Å². The number of nitrogens with zero attached hydrogens (tertiary/aromatic N) is 2. The number of aromatic nitrogens is 1. The molecule has 3 heterocycles. The van der Waals surface area contributed by atoms with Gasteiger partial charge in [-0.15, -0.1) is 0 Å². The van der Waals surface area contributed by atoms with Crippen molar-refractivity contribution in [2.75, 3.05) is 6.54 Å². The Kier molecular flexibility index (Phi) is 4.36. The molecule has 2 atom stereocenters. The molecule has 7 heteroatoms. The van der Waals surface area contributed by atoms with E-state index in [1.807, 2.05) is 6.92 Å². The van der Waals surface area contributed by atoms with Crippen LogP contribution in [0.4, 0.5) is 0 Å². The van der Waals surface area contributed by atoms with Crippen molar-refractivity contribution >= 4 is 26.0 Å². The minimum Gasteiger partial charge on any atom is -0.311 e. The van der Waals surface area contributed by atoms with E-state index in [4.69, 9.17) is 0 Å². The Labute approximate surface area is 134 Å². The molecule has 0 radical (unpaired) electrons. The van der Waals surface area contributed by atoms with E-state index in [2.05, 4.69) is 26.2 Å². The summed E-state index contributed by atoms with van der Waals surface area (Å²) in [6, 6.07) is 2.66. The Morgan fingerprint density at radius 2 is 2.00 bits per heavy atom. The molecule has 116 valence electrons. The first kappa shape index (κ1) is 15.4.